The van der Waals surface area contributed by atoms with Crippen LogP contribution < -0.4 is 15.5 Å². The largest absolute Gasteiger partial charge is 0.381 e. The van der Waals surface area contributed by atoms with Crippen molar-refractivity contribution in [2.45, 2.75) is 51.4 Å². The molecule has 0 aromatic heterocycles. The summed E-state index contributed by atoms with van der Waals surface area (Å²) < 4.78 is 0. The van der Waals surface area contributed by atoms with Gasteiger partial charge in [-0.05, 0) is 49.6 Å². The molecule has 1 atom stereocenters. The third-order valence-corrected chi connectivity index (χ3v) is 6.64. The zero-order valence-electron chi connectivity index (χ0n) is 17.8. The monoisotopic (exact) mass is 418 g/mol. The molecule has 1 saturated heterocycles. The number of benzene rings is 2. The molecule has 0 spiro atoms. The molecule has 3 aliphatic heterocycles. The number of carbonyl (C=O) groups is 3. The highest BCUT2D eigenvalue weighted by molar-refractivity contribution is 6.05. The molecule has 31 heavy (non-hydrogen) atoms. The highest BCUT2D eigenvalue weighted by atomic mass is 16.2. The Bertz CT molecular complexity index is 1090. The lowest BCUT2D eigenvalue weighted by molar-refractivity contribution is -0.136. The second-order valence-electron chi connectivity index (χ2n) is 9.11. The van der Waals surface area contributed by atoms with E-state index in [0.29, 0.717) is 25.1 Å². The van der Waals surface area contributed by atoms with Gasteiger partial charge in [0.05, 0.1) is 16.9 Å². The SMILES string of the molecule is CC1(C)CNc2ccccc2N1Cc1cccc2c1CN(C1CCC(=O)NC1=O)C2=O. The van der Waals surface area contributed by atoms with Crippen LogP contribution in [-0.4, -0.2) is 40.7 Å². The highest BCUT2D eigenvalue weighted by Gasteiger charge is 2.40. The topological polar surface area (TPSA) is 81.8 Å². The highest BCUT2D eigenvalue weighted by Crippen LogP contribution is 2.38. The lowest BCUT2D eigenvalue weighted by Crippen LogP contribution is -2.52. The molecule has 0 radical (unpaired) electrons. The Morgan fingerprint density at radius 3 is 2.68 bits per heavy atom. The third-order valence-electron chi connectivity index (χ3n) is 6.64. The predicted molar refractivity (Wildman–Crippen MR) is 118 cm³/mol. The van der Waals surface area contributed by atoms with Gasteiger partial charge in [0.2, 0.25) is 11.8 Å². The summed E-state index contributed by atoms with van der Waals surface area (Å²) in [5, 5.41) is 5.88. The van der Waals surface area contributed by atoms with E-state index in [1.165, 1.54) is 0 Å². The minimum absolute atomic E-state index is 0.108. The summed E-state index contributed by atoms with van der Waals surface area (Å²) in [5.74, 6) is -0.784. The van der Waals surface area contributed by atoms with Crippen LogP contribution in [0.4, 0.5) is 11.4 Å². The molecule has 3 heterocycles. The van der Waals surface area contributed by atoms with Crippen molar-refractivity contribution < 1.29 is 14.4 Å². The first-order valence-corrected chi connectivity index (χ1v) is 10.7. The maximum atomic E-state index is 13.1. The van der Waals surface area contributed by atoms with E-state index in [1.54, 1.807) is 4.90 Å². The van der Waals surface area contributed by atoms with E-state index < -0.39 is 6.04 Å². The van der Waals surface area contributed by atoms with E-state index in [4.69, 9.17) is 0 Å². The summed E-state index contributed by atoms with van der Waals surface area (Å²) >= 11 is 0. The van der Waals surface area contributed by atoms with Crippen molar-refractivity contribution >= 4 is 29.1 Å². The molecule has 7 nitrogen and oxygen atoms in total. The fourth-order valence-electron chi connectivity index (χ4n) is 4.86. The van der Waals surface area contributed by atoms with Crippen molar-refractivity contribution in [1.82, 2.24) is 10.2 Å². The van der Waals surface area contributed by atoms with Crippen LogP contribution in [0.25, 0.3) is 0 Å². The number of hydrogen-bond donors (Lipinski definition) is 2. The summed E-state index contributed by atoms with van der Waals surface area (Å²) in [6.45, 7) is 6.30. The predicted octanol–water partition coefficient (Wildman–Crippen LogP) is 2.66. The zero-order chi connectivity index (χ0) is 21.8. The molecular weight excluding hydrogens is 392 g/mol. The molecule has 7 heteroatoms. The fourth-order valence-corrected chi connectivity index (χ4v) is 4.86. The van der Waals surface area contributed by atoms with Crippen LogP contribution in [0.5, 0.6) is 0 Å². The van der Waals surface area contributed by atoms with Crippen LogP contribution in [-0.2, 0) is 22.7 Å². The van der Waals surface area contributed by atoms with Gasteiger partial charge in [-0.1, -0.05) is 24.3 Å². The summed E-state index contributed by atoms with van der Waals surface area (Å²) in [5.41, 5.74) is 4.86. The van der Waals surface area contributed by atoms with Crippen molar-refractivity contribution in [3.05, 3.63) is 59.2 Å². The van der Waals surface area contributed by atoms with Crippen LogP contribution in [0.3, 0.4) is 0 Å². The number of para-hydroxylation sites is 2. The van der Waals surface area contributed by atoms with Crippen molar-refractivity contribution in [2.75, 3.05) is 16.8 Å². The summed E-state index contributed by atoms with van der Waals surface area (Å²) in [4.78, 5) is 41.0. The standard InChI is InChI=1S/C24H26N4O3/c1-24(2)14-25-18-8-3-4-9-19(18)28(24)12-15-6-5-7-16-17(15)13-27(23(16)31)20-10-11-21(29)26-22(20)30/h3-9,20,25H,10-14H2,1-2H3,(H,26,29,30). The van der Waals surface area contributed by atoms with Gasteiger partial charge in [0.1, 0.15) is 6.04 Å². The summed E-state index contributed by atoms with van der Waals surface area (Å²) in [7, 11) is 0. The summed E-state index contributed by atoms with van der Waals surface area (Å²) in [6.07, 6.45) is 0.632. The minimum atomic E-state index is -0.596. The van der Waals surface area contributed by atoms with E-state index in [1.807, 2.05) is 24.3 Å². The molecule has 5 rings (SSSR count). The molecule has 0 saturated carbocycles. The lowest BCUT2D eigenvalue weighted by atomic mass is 9.95. The van der Waals surface area contributed by atoms with Crippen LogP contribution >= 0.6 is 0 Å². The Hall–Kier alpha value is -3.35. The number of nitrogens with zero attached hydrogens (tertiary/aromatic N) is 2. The van der Waals surface area contributed by atoms with Gasteiger partial charge in [-0.2, -0.15) is 0 Å². The number of fused-ring (bicyclic) bond motifs is 2. The van der Waals surface area contributed by atoms with Gasteiger partial charge in [0, 0.05) is 31.6 Å². The van der Waals surface area contributed by atoms with E-state index in [0.717, 1.165) is 29.0 Å². The van der Waals surface area contributed by atoms with E-state index in [2.05, 4.69) is 47.6 Å². The number of hydrogen-bond acceptors (Lipinski definition) is 5. The van der Waals surface area contributed by atoms with E-state index in [9.17, 15) is 14.4 Å². The Labute approximate surface area is 181 Å². The van der Waals surface area contributed by atoms with Crippen LogP contribution in [0, 0.1) is 0 Å². The maximum Gasteiger partial charge on any atom is 0.255 e. The summed E-state index contributed by atoms with van der Waals surface area (Å²) in [6, 6.07) is 13.5. The second kappa shape index (κ2) is 7.11. The number of amides is 3. The molecule has 2 N–H and O–H groups in total. The van der Waals surface area contributed by atoms with Crippen molar-refractivity contribution in [3.63, 3.8) is 0 Å². The zero-order valence-corrected chi connectivity index (χ0v) is 17.8. The van der Waals surface area contributed by atoms with Gasteiger partial charge >= 0.3 is 0 Å². The smallest absolute Gasteiger partial charge is 0.255 e. The van der Waals surface area contributed by atoms with Crippen molar-refractivity contribution in [1.29, 1.82) is 0 Å². The number of imide groups is 1. The average Bonchev–Trinajstić information content (AvgIpc) is 3.07. The first-order chi connectivity index (χ1) is 14.8. The van der Waals surface area contributed by atoms with Gasteiger partial charge in [-0.3, -0.25) is 19.7 Å². The average molecular weight is 418 g/mol. The van der Waals surface area contributed by atoms with Gasteiger partial charge in [-0.25, -0.2) is 0 Å². The fraction of sp³-hybridized carbons (Fsp3) is 0.375. The van der Waals surface area contributed by atoms with Gasteiger partial charge in [0.25, 0.3) is 5.91 Å². The van der Waals surface area contributed by atoms with Gasteiger partial charge < -0.3 is 15.1 Å². The lowest BCUT2D eigenvalue weighted by Gasteiger charge is -2.45. The van der Waals surface area contributed by atoms with Crippen LogP contribution in [0.2, 0.25) is 0 Å². The Balaban J connectivity index is 1.46. The second-order valence-corrected chi connectivity index (χ2v) is 9.11. The first kappa shape index (κ1) is 19.6. The third kappa shape index (κ3) is 3.24. The van der Waals surface area contributed by atoms with Crippen LogP contribution in [0.1, 0.15) is 48.2 Å². The van der Waals surface area contributed by atoms with Crippen molar-refractivity contribution in [2.24, 2.45) is 0 Å². The number of anilines is 2. The molecule has 160 valence electrons. The Morgan fingerprint density at radius 2 is 1.87 bits per heavy atom. The molecule has 1 fully saturated rings. The van der Waals surface area contributed by atoms with Crippen LogP contribution in [0.15, 0.2) is 42.5 Å². The Morgan fingerprint density at radius 1 is 1.06 bits per heavy atom. The van der Waals surface area contributed by atoms with Gasteiger partial charge in [-0.15, -0.1) is 0 Å². The molecule has 1 unspecified atom stereocenters. The quantitative estimate of drug-likeness (QED) is 0.749. The van der Waals surface area contributed by atoms with Crippen molar-refractivity contribution in [3.8, 4) is 0 Å². The Kier molecular flexibility index (Phi) is 4.50. The minimum Gasteiger partial charge on any atom is -0.381 e. The maximum absolute atomic E-state index is 13.1. The normalized spacial score (nSPS) is 22.0. The molecular formula is C24H26N4O3. The van der Waals surface area contributed by atoms with Gasteiger partial charge in [0.15, 0.2) is 0 Å². The number of carbonyl (C=O) groups excluding carboxylic acids is 3. The number of rotatable bonds is 3. The first-order valence-electron chi connectivity index (χ1n) is 10.7. The number of piperidine rings is 1. The molecule has 2 aromatic carbocycles. The van der Waals surface area contributed by atoms with E-state index in [-0.39, 0.29) is 29.7 Å². The molecule has 3 amide bonds. The molecule has 0 aliphatic carbocycles. The molecule has 0 bridgehead atoms. The molecule has 3 aliphatic rings. The van der Waals surface area contributed by atoms with E-state index >= 15 is 0 Å². The molecule has 2 aromatic rings. The number of nitrogens with one attached hydrogen (secondary N) is 2.